The van der Waals surface area contributed by atoms with Crippen LogP contribution in [0.3, 0.4) is 0 Å². The predicted octanol–water partition coefficient (Wildman–Crippen LogP) is 4.92. The van der Waals surface area contributed by atoms with Crippen molar-refractivity contribution >= 4 is 23.2 Å². The Balaban J connectivity index is 1.60. The summed E-state index contributed by atoms with van der Waals surface area (Å²) in [5.74, 6) is 0.684. The van der Waals surface area contributed by atoms with Crippen LogP contribution >= 0.6 is 0 Å². The highest BCUT2D eigenvalue weighted by atomic mass is 16.5. The van der Waals surface area contributed by atoms with Gasteiger partial charge in [0, 0.05) is 5.69 Å². The lowest BCUT2D eigenvalue weighted by molar-refractivity contribution is -0.118. The molecular formula is C25H26N2O4. The smallest absolute Gasteiger partial charge is 0.262 e. The standard InChI is InChI=1S/C25H26N2O4/c1-3-18-9-13-21(14-10-18)31-17-24(28)27-23-8-6-5-7-22(23)25(29)26-19-11-15-20(16-12-19)30-4-2/h5-16H,3-4,17H2,1-2H3,(H,26,29)(H,27,28). The maximum Gasteiger partial charge on any atom is 0.262 e. The van der Waals surface area contributed by atoms with E-state index in [2.05, 4.69) is 17.6 Å². The Labute approximate surface area is 182 Å². The lowest BCUT2D eigenvalue weighted by Crippen LogP contribution is -2.22. The van der Waals surface area contributed by atoms with E-state index in [0.717, 1.165) is 12.2 Å². The fourth-order valence-corrected chi connectivity index (χ4v) is 2.95. The first kappa shape index (κ1) is 21.9. The average Bonchev–Trinajstić information content (AvgIpc) is 2.80. The first-order chi connectivity index (χ1) is 15.1. The summed E-state index contributed by atoms with van der Waals surface area (Å²) in [4.78, 5) is 25.1. The lowest BCUT2D eigenvalue weighted by Gasteiger charge is -2.12. The van der Waals surface area contributed by atoms with Crippen LogP contribution in [0.5, 0.6) is 11.5 Å². The molecule has 0 aliphatic carbocycles. The number of carbonyl (C=O) groups excluding carboxylic acids is 2. The number of aryl methyl sites for hydroxylation is 1. The molecule has 2 amide bonds. The second-order valence-electron chi connectivity index (χ2n) is 6.79. The van der Waals surface area contributed by atoms with Gasteiger partial charge in [-0.2, -0.15) is 0 Å². The third kappa shape index (κ3) is 6.34. The molecule has 0 fully saturated rings. The average molecular weight is 418 g/mol. The lowest BCUT2D eigenvalue weighted by atomic mass is 10.1. The highest BCUT2D eigenvalue weighted by molar-refractivity contribution is 6.10. The van der Waals surface area contributed by atoms with E-state index in [1.807, 2.05) is 31.2 Å². The molecule has 0 saturated heterocycles. The molecule has 3 aromatic rings. The van der Waals surface area contributed by atoms with Gasteiger partial charge in [0.05, 0.1) is 17.9 Å². The van der Waals surface area contributed by atoms with Gasteiger partial charge in [0.25, 0.3) is 11.8 Å². The number of benzene rings is 3. The van der Waals surface area contributed by atoms with E-state index < -0.39 is 0 Å². The number of anilines is 2. The van der Waals surface area contributed by atoms with Crippen LogP contribution in [0, 0.1) is 0 Å². The molecule has 0 aliphatic rings. The molecule has 0 atom stereocenters. The van der Waals surface area contributed by atoms with Gasteiger partial charge in [0.15, 0.2) is 6.61 Å². The monoisotopic (exact) mass is 418 g/mol. The van der Waals surface area contributed by atoms with E-state index in [9.17, 15) is 9.59 Å². The van der Waals surface area contributed by atoms with Crippen LogP contribution in [0.1, 0.15) is 29.8 Å². The van der Waals surface area contributed by atoms with Gasteiger partial charge < -0.3 is 20.1 Å². The quantitative estimate of drug-likeness (QED) is 0.517. The second-order valence-corrected chi connectivity index (χ2v) is 6.79. The predicted molar refractivity (Wildman–Crippen MR) is 122 cm³/mol. The maximum atomic E-state index is 12.7. The van der Waals surface area contributed by atoms with Crippen LogP contribution < -0.4 is 20.1 Å². The molecule has 0 saturated carbocycles. The minimum Gasteiger partial charge on any atom is -0.494 e. The summed E-state index contributed by atoms with van der Waals surface area (Å²) < 4.78 is 10.9. The Morgan fingerprint density at radius 2 is 1.42 bits per heavy atom. The van der Waals surface area contributed by atoms with Crippen molar-refractivity contribution in [3.63, 3.8) is 0 Å². The number of para-hydroxylation sites is 1. The molecule has 0 unspecified atom stereocenters. The Morgan fingerprint density at radius 1 is 0.774 bits per heavy atom. The van der Waals surface area contributed by atoms with Gasteiger partial charge in [-0.05, 0) is 67.4 Å². The normalized spacial score (nSPS) is 10.3. The number of rotatable bonds is 9. The molecule has 0 radical (unpaired) electrons. The minimum atomic E-state index is -0.346. The zero-order valence-corrected chi connectivity index (χ0v) is 17.7. The summed E-state index contributed by atoms with van der Waals surface area (Å²) in [5, 5.41) is 5.58. The van der Waals surface area contributed by atoms with Crippen molar-refractivity contribution in [2.24, 2.45) is 0 Å². The molecule has 3 aromatic carbocycles. The third-order valence-corrected chi connectivity index (χ3v) is 4.57. The van der Waals surface area contributed by atoms with Gasteiger partial charge >= 0.3 is 0 Å². The molecule has 6 nitrogen and oxygen atoms in total. The Bertz CT molecular complexity index is 1010. The van der Waals surface area contributed by atoms with Crippen molar-refractivity contribution in [3.05, 3.63) is 83.9 Å². The third-order valence-electron chi connectivity index (χ3n) is 4.57. The number of carbonyl (C=O) groups is 2. The molecule has 160 valence electrons. The molecule has 31 heavy (non-hydrogen) atoms. The summed E-state index contributed by atoms with van der Waals surface area (Å²) in [6, 6.07) is 21.6. The van der Waals surface area contributed by atoms with Crippen molar-refractivity contribution in [1.29, 1.82) is 0 Å². The topological polar surface area (TPSA) is 76.7 Å². The first-order valence-corrected chi connectivity index (χ1v) is 10.2. The number of amides is 2. The van der Waals surface area contributed by atoms with Gasteiger partial charge in [-0.15, -0.1) is 0 Å². The van der Waals surface area contributed by atoms with E-state index in [4.69, 9.17) is 9.47 Å². The van der Waals surface area contributed by atoms with Gasteiger partial charge in [0.2, 0.25) is 0 Å². The second kappa shape index (κ2) is 10.8. The van der Waals surface area contributed by atoms with Crippen molar-refractivity contribution in [2.75, 3.05) is 23.8 Å². The number of nitrogens with one attached hydrogen (secondary N) is 2. The fourth-order valence-electron chi connectivity index (χ4n) is 2.95. The van der Waals surface area contributed by atoms with E-state index in [1.165, 1.54) is 5.56 Å². The maximum absolute atomic E-state index is 12.7. The largest absolute Gasteiger partial charge is 0.494 e. The Morgan fingerprint density at radius 3 is 2.10 bits per heavy atom. The number of hydrogen-bond donors (Lipinski definition) is 2. The Kier molecular flexibility index (Phi) is 7.65. The van der Waals surface area contributed by atoms with Crippen LogP contribution in [-0.4, -0.2) is 25.0 Å². The van der Waals surface area contributed by atoms with Crippen LogP contribution in [-0.2, 0) is 11.2 Å². The van der Waals surface area contributed by atoms with Gasteiger partial charge in [-0.25, -0.2) is 0 Å². The number of hydrogen-bond acceptors (Lipinski definition) is 4. The molecule has 3 rings (SSSR count). The summed E-state index contributed by atoms with van der Waals surface area (Å²) in [5.41, 5.74) is 2.61. The number of ether oxygens (including phenoxy) is 2. The van der Waals surface area contributed by atoms with Crippen LogP contribution in [0.15, 0.2) is 72.8 Å². The van der Waals surface area contributed by atoms with Gasteiger partial charge in [-0.1, -0.05) is 31.2 Å². The van der Waals surface area contributed by atoms with Crippen molar-refractivity contribution in [2.45, 2.75) is 20.3 Å². The summed E-state index contributed by atoms with van der Waals surface area (Å²) >= 11 is 0. The molecule has 2 N–H and O–H groups in total. The van der Waals surface area contributed by atoms with Crippen LogP contribution in [0.2, 0.25) is 0 Å². The molecule has 6 heteroatoms. The van der Waals surface area contributed by atoms with E-state index >= 15 is 0 Å². The molecular weight excluding hydrogens is 392 g/mol. The highest BCUT2D eigenvalue weighted by Crippen LogP contribution is 2.20. The summed E-state index contributed by atoms with van der Waals surface area (Å²) in [6.07, 6.45) is 0.941. The summed E-state index contributed by atoms with van der Waals surface area (Å²) in [6.45, 7) is 4.41. The van der Waals surface area contributed by atoms with Gasteiger partial charge in [0.1, 0.15) is 11.5 Å². The molecule has 0 aliphatic heterocycles. The molecule has 0 spiro atoms. The highest BCUT2D eigenvalue weighted by Gasteiger charge is 2.14. The Hall–Kier alpha value is -3.80. The van der Waals surface area contributed by atoms with E-state index in [0.29, 0.717) is 29.3 Å². The van der Waals surface area contributed by atoms with Crippen LogP contribution in [0.4, 0.5) is 11.4 Å². The summed E-state index contributed by atoms with van der Waals surface area (Å²) in [7, 11) is 0. The van der Waals surface area contributed by atoms with Crippen LogP contribution in [0.25, 0.3) is 0 Å². The molecule has 0 aromatic heterocycles. The van der Waals surface area contributed by atoms with Crippen molar-refractivity contribution in [1.82, 2.24) is 0 Å². The SMILES string of the molecule is CCOc1ccc(NC(=O)c2ccccc2NC(=O)COc2ccc(CC)cc2)cc1. The van der Waals surface area contributed by atoms with Crippen molar-refractivity contribution in [3.8, 4) is 11.5 Å². The zero-order chi connectivity index (χ0) is 22.1. The fraction of sp³-hybridized carbons (Fsp3) is 0.200. The first-order valence-electron chi connectivity index (χ1n) is 10.2. The van der Waals surface area contributed by atoms with E-state index in [-0.39, 0.29) is 18.4 Å². The minimum absolute atomic E-state index is 0.152. The van der Waals surface area contributed by atoms with E-state index in [1.54, 1.807) is 48.5 Å². The zero-order valence-electron chi connectivity index (χ0n) is 17.7. The van der Waals surface area contributed by atoms with Gasteiger partial charge in [-0.3, -0.25) is 9.59 Å². The molecule has 0 bridgehead atoms. The molecule has 0 heterocycles. The van der Waals surface area contributed by atoms with Crippen molar-refractivity contribution < 1.29 is 19.1 Å².